The zero-order chi connectivity index (χ0) is 10.7. The Hall–Kier alpha value is -1.52. The van der Waals surface area contributed by atoms with Crippen LogP contribution in [0.2, 0.25) is 0 Å². The molecule has 0 bridgehead atoms. The molecule has 0 heterocycles. The van der Waals surface area contributed by atoms with E-state index in [9.17, 15) is 13.9 Å². The summed E-state index contributed by atoms with van der Waals surface area (Å²) in [6, 6.07) is 2.15. The number of phenols is 1. The van der Waals surface area contributed by atoms with E-state index in [1.807, 2.05) is 0 Å². The smallest absolute Gasteiger partial charge is 0.267 e. The summed E-state index contributed by atoms with van der Waals surface area (Å²) < 4.78 is 34.3. The number of ether oxygens (including phenoxy) is 2. The maximum atomic E-state index is 12.3. The normalized spacial score (nSPS) is 10.4. The Morgan fingerprint density at radius 1 is 1.14 bits per heavy atom. The van der Waals surface area contributed by atoms with E-state index in [1.54, 1.807) is 0 Å². The Bertz CT molecular complexity index is 326. The number of rotatable bonds is 3. The number of aromatic hydroxyl groups is 1. The highest BCUT2D eigenvalue weighted by atomic mass is 19.3. The van der Waals surface area contributed by atoms with Crippen molar-refractivity contribution in [3.05, 3.63) is 17.7 Å². The van der Waals surface area contributed by atoms with Gasteiger partial charge in [0.1, 0.15) is 5.75 Å². The molecule has 1 aromatic rings. The van der Waals surface area contributed by atoms with E-state index in [0.29, 0.717) is 0 Å². The van der Waals surface area contributed by atoms with Gasteiger partial charge in [-0.2, -0.15) is 0 Å². The fourth-order valence-corrected chi connectivity index (χ4v) is 1.06. The van der Waals surface area contributed by atoms with Crippen molar-refractivity contribution in [2.24, 2.45) is 0 Å². The van der Waals surface area contributed by atoms with Crippen LogP contribution in [0.4, 0.5) is 8.78 Å². The first-order valence-corrected chi connectivity index (χ1v) is 3.83. The van der Waals surface area contributed by atoms with Crippen LogP contribution < -0.4 is 9.47 Å². The molecule has 1 N–H and O–H groups in total. The van der Waals surface area contributed by atoms with Gasteiger partial charge >= 0.3 is 0 Å². The largest absolute Gasteiger partial charge is 0.507 e. The van der Waals surface area contributed by atoms with Crippen molar-refractivity contribution in [2.45, 2.75) is 6.43 Å². The molecule has 0 spiro atoms. The first-order valence-electron chi connectivity index (χ1n) is 3.83. The Kier molecular flexibility index (Phi) is 3.11. The highest BCUT2D eigenvalue weighted by molar-refractivity contribution is 5.50. The summed E-state index contributed by atoms with van der Waals surface area (Å²) in [4.78, 5) is 0. The second kappa shape index (κ2) is 4.13. The number of alkyl halides is 2. The first-order chi connectivity index (χ1) is 6.60. The van der Waals surface area contributed by atoms with Crippen LogP contribution in [0, 0.1) is 0 Å². The Morgan fingerprint density at radius 2 is 1.64 bits per heavy atom. The van der Waals surface area contributed by atoms with Crippen molar-refractivity contribution in [3.63, 3.8) is 0 Å². The van der Waals surface area contributed by atoms with Crippen molar-refractivity contribution in [1.82, 2.24) is 0 Å². The van der Waals surface area contributed by atoms with Crippen molar-refractivity contribution < 1.29 is 23.4 Å². The fourth-order valence-electron chi connectivity index (χ4n) is 1.06. The third-order valence-electron chi connectivity index (χ3n) is 1.77. The number of phenolic OH excluding ortho intramolecular Hbond substituents is 1. The molecule has 1 rings (SSSR count). The van der Waals surface area contributed by atoms with Gasteiger partial charge in [0.2, 0.25) is 0 Å². The lowest BCUT2D eigenvalue weighted by Gasteiger charge is -2.10. The third kappa shape index (κ3) is 1.86. The molecule has 78 valence electrons. The molecule has 0 radical (unpaired) electrons. The molecule has 0 unspecified atom stereocenters. The van der Waals surface area contributed by atoms with E-state index in [-0.39, 0.29) is 11.5 Å². The van der Waals surface area contributed by atoms with Crippen LogP contribution in [-0.2, 0) is 0 Å². The summed E-state index contributed by atoms with van der Waals surface area (Å²) in [7, 11) is 2.70. The van der Waals surface area contributed by atoms with Crippen LogP contribution in [-0.4, -0.2) is 19.3 Å². The van der Waals surface area contributed by atoms with Crippen LogP contribution in [0.3, 0.4) is 0 Å². The average Bonchev–Trinajstić information content (AvgIpc) is 2.16. The summed E-state index contributed by atoms with van der Waals surface area (Å²) in [6.07, 6.45) is -2.74. The summed E-state index contributed by atoms with van der Waals surface area (Å²) in [6.45, 7) is 0. The Labute approximate surface area is 79.9 Å². The second-order valence-corrected chi connectivity index (χ2v) is 2.57. The molecule has 1 aromatic carbocycles. The van der Waals surface area contributed by atoms with E-state index in [4.69, 9.17) is 9.47 Å². The molecule has 0 aliphatic carbocycles. The number of methoxy groups -OCH3 is 2. The number of benzene rings is 1. The highest BCUT2D eigenvalue weighted by Crippen LogP contribution is 2.38. The van der Waals surface area contributed by atoms with Crippen LogP contribution in [0.5, 0.6) is 17.2 Å². The van der Waals surface area contributed by atoms with E-state index >= 15 is 0 Å². The summed E-state index contributed by atoms with van der Waals surface area (Å²) in [5.41, 5.74) is -0.470. The predicted molar refractivity (Wildman–Crippen MR) is 46.2 cm³/mol. The summed E-state index contributed by atoms with van der Waals surface area (Å²) >= 11 is 0. The minimum Gasteiger partial charge on any atom is -0.507 e. The minimum absolute atomic E-state index is 0.167. The van der Waals surface area contributed by atoms with Crippen molar-refractivity contribution in [3.8, 4) is 17.2 Å². The van der Waals surface area contributed by atoms with Gasteiger partial charge in [-0.05, 0) is 6.07 Å². The van der Waals surface area contributed by atoms with Crippen LogP contribution in [0.15, 0.2) is 12.1 Å². The first kappa shape index (κ1) is 10.6. The van der Waals surface area contributed by atoms with Crippen LogP contribution >= 0.6 is 0 Å². The molecule has 0 aliphatic heterocycles. The Morgan fingerprint density at radius 3 is 2.07 bits per heavy atom. The maximum Gasteiger partial charge on any atom is 0.267 e. The third-order valence-corrected chi connectivity index (χ3v) is 1.77. The average molecular weight is 204 g/mol. The molecule has 0 aliphatic rings. The monoisotopic (exact) mass is 204 g/mol. The molecule has 3 nitrogen and oxygen atoms in total. The lowest BCUT2D eigenvalue weighted by Crippen LogP contribution is -1.93. The zero-order valence-corrected chi connectivity index (χ0v) is 7.75. The molecular formula is C9H10F2O3. The van der Waals surface area contributed by atoms with Gasteiger partial charge in [0.25, 0.3) is 6.43 Å². The Balaban J connectivity index is 3.23. The second-order valence-electron chi connectivity index (χ2n) is 2.57. The van der Waals surface area contributed by atoms with Gasteiger partial charge in [-0.1, -0.05) is 0 Å². The van der Waals surface area contributed by atoms with Crippen LogP contribution in [0.25, 0.3) is 0 Å². The molecule has 0 saturated heterocycles. The standard InChI is InChI=1S/C9H10F2O3/c1-13-7-3-5(9(10)11)6(12)4-8(7)14-2/h3-4,9,12H,1-2H3. The molecule has 0 fully saturated rings. The van der Waals surface area contributed by atoms with E-state index in [1.165, 1.54) is 14.2 Å². The van der Waals surface area contributed by atoms with E-state index in [0.717, 1.165) is 12.1 Å². The molecule has 0 amide bonds. The van der Waals surface area contributed by atoms with Gasteiger partial charge in [-0.15, -0.1) is 0 Å². The molecule has 5 heteroatoms. The summed E-state index contributed by atoms with van der Waals surface area (Å²) in [5.74, 6) is -0.118. The fraction of sp³-hybridized carbons (Fsp3) is 0.333. The SMILES string of the molecule is COc1cc(O)c(C(F)F)cc1OC. The van der Waals surface area contributed by atoms with E-state index in [2.05, 4.69) is 0 Å². The molecule has 0 saturated carbocycles. The van der Waals surface area contributed by atoms with Crippen molar-refractivity contribution >= 4 is 0 Å². The summed E-state index contributed by atoms with van der Waals surface area (Å²) in [5, 5.41) is 9.20. The van der Waals surface area contributed by atoms with Gasteiger partial charge in [0, 0.05) is 6.07 Å². The van der Waals surface area contributed by atoms with Gasteiger partial charge in [0.05, 0.1) is 19.8 Å². The van der Waals surface area contributed by atoms with Crippen LogP contribution in [0.1, 0.15) is 12.0 Å². The number of hydrogen-bond donors (Lipinski definition) is 1. The molecule has 0 aromatic heterocycles. The minimum atomic E-state index is -2.74. The van der Waals surface area contributed by atoms with Gasteiger partial charge < -0.3 is 14.6 Å². The lowest BCUT2D eigenvalue weighted by molar-refractivity contribution is 0.147. The molecule has 14 heavy (non-hydrogen) atoms. The zero-order valence-electron chi connectivity index (χ0n) is 7.75. The lowest BCUT2D eigenvalue weighted by atomic mass is 10.2. The molecule has 0 atom stereocenters. The predicted octanol–water partition coefficient (Wildman–Crippen LogP) is 2.35. The number of halogens is 2. The number of hydrogen-bond acceptors (Lipinski definition) is 3. The quantitative estimate of drug-likeness (QED) is 0.821. The van der Waals surface area contributed by atoms with Gasteiger partial charge in [-0.3, -0.25) is 0 Å². The van der Waals surface area contributed by atoms with Crippen molar-refractivity contribution in [1.29, 1.82) is 0 Å². The van der Waals surface area contributed by atoms with Gasteiger partial charge in [0.15, 0.2) is 11.5 Å². The van der Waals surface area contributed by atoms with E-state index < -0.39 is 17.7 Å². The van der Waals surface area contributed by atoms with Crippen molar-refractivity contribution in [2.75, 3.05) is 14.2 Å². The van der Waals surface area contributed by atoms with Gasteiger partial charge in [-0.25, -0.2) is 8.78 Å². The highest BCUT2D eigenvalue weighted by Gasteiger charge is 2.17. The topological polar surface area (TPSA) is 38.7 Å². The maximum absolute atomic E-state index is 12.3. The molecular weight excluding hydrogens is 194 g/mol.